The monoisotopic (exact) mass is 299 g/mol. The van der Waals surface area contributed by atoms with Crippen molar-refractivity contribution < 1.29 is 14.6 Å². The van der Waals surface area contributed by atoms with Crippen LogP contribution in [0.5, 0.6) is 5.75 Å². The van der Waals surface area contributed by atoms with E-state index in [1.54, 1.807) is 50.7 Å². The normalized spacial score (nSPS) is 11.1. The van der Waals surface area contributed by atoms with Crippen molar-refractivity contribution in [3.8, 4) is 5.75 Å². The van der Waals surface area contributed by atoms with E-state index in [1.807, 2.05) is 12.1 Å². The second kappa shape index (κ2) is 7.21. The van der Waals surface area contributed by atoms with E-state index in [4.69, 9.17) is 4.74 Å². The van der Waals surface area contributed by atoms with Crippen molar-refractivity contribution >= 4 is 11.8 Å². The zero-order valence-corrected chi connectivity index (χ0v) is 12.4. The van der Waals surface area contributed by atoms with Gasteiger partial charge in [-0.3, -0.25) is 4.98 Å². The molecule has 1 amide bonds. The first-order valence-corrected chi connectivity index (χ1v) is 6.69. The highest BCUT2D eigenvalue weighted by molar-refractivity contribution is 5.98. The summed E-state index contributed by atoms with van der Waals surface area (Å²) in [4.78, 5) is 15.3. The zero-order chi connectivity index (χ0) is 15.9. The van der Waals surface area contributed by atoms with Crippen LogP contribution in [-0.4, -0.2) is 34.0 Å². The Bertz CT molecular complexity index is 654. The predicted octanol–water partition coefficient (Wildman–Crippen LogP) is 2.99. The number of benzene rings is 1. The summed E-state index contributed by atoms with van der Waals surface area (Å²) in [6, 6.07) is 10.8. The van der Waals surface area contributed by atoms with Crippen molar-refractivity contribution in [2.75, 3.05) is 7.11 Å². The number of pyridine rings is 1. The number of methoxy groups -OCH3 is 1. The third-order valence-electron chi connectivity index (χ3n) is 3.08. The van der Waals surface area contributed by atoms with Crippen LogP contribution in [0.3, 0.4) is 0 Å². The summed E-state index contributed by atoms with van der Waals surface area (Å²) in [6.07, 6.45) is 2.18. The number of carbonyl (C=O) groups is 1. The minimum absolute atomic E-state index is 0.168. The van der Waals surface area contributed by atoms with Gasteiger partial charge in [-0.1, -0.05) is 12.1 Å². The number of hydrogen-bond acceptors (Lipinski definition) is 4. The van der Waals surface area contributed by atoms with E-state index in [9.17, 15) is 9.90 Å². The number of amides is 1. The van der Waals surface area contributed by atoms with Crippen molar-refractivity contribution in [2.45, 2.75) is 13.5 Å². The Balaban J connectivity index is 2.17. The van der Waals surface area contributed by atoms with E-state index in [2.05, 4.69) is 10.1 Å². The fourth-order valence-corrected chi connectivity index (χ4v) is 1.88. The fourth-order valence-electron chi connectivity index (χ4n) is 1.88. The van der Waals surface area contributed by atoms with Gasteiger partial charge in [0, 0.05) is 18.0 Å². The lowest BCUT2D eigenvalue weighted by atomic mass is 10.2. The molecule has 6 heteroatoms. The Morgan fingerprint density at radius 2 is 1.86 bits per heavy atom. The first kappa shape index (κ1) is 15.5. The largest absolute Gasteiger partial charge is 0.497 e. The van der Waals surface area contributed by atoms with Crippen LogP contribution in [0.15, 0.2) is 53.9 Å². The molecule has 1 aromatic heterocycles. The molecule has 0 saturated heterocycles. The quantitative estimate of drug-likeness (QED) is 0.680. The summed E-state index contributed by atoms with van der Waals surface area (Å²) in [7, 11) is 1.58. The summed E-state index contributed by atoms with van der Waals surface area (Å²) in [5.74, 6) is 0.724. The molecule has 0 aliphatic heterocycles. The topological polar surface area (TPSA) is 75.0 Å². The maximum Gasteiger partial charge on any atom is 0.428 e. The van der Waals surface area contributed by atoms with Gasteiger partial charge in [0.2, 0.25) is 0 Å². The molecular formula is C16H17N3O3. The Hall–Kier alpha value is -2.89. The van der Waals surface area contributed by atoms with Gasteiger partial charge in [-0.05, 0) is 36.8 Å². The number of nitrogens with zero attached hydrogens (tertiary/aromatic N) is 3. The smallest absolute Gasteiger partial charge is 0.428 e. The lowest BCUT2D eigenvalue weighted by Gasteiger charge is -2.15. The second-order valence-electron chi connectivity index (χ2n) is 4.61. The predicted molar refractivity (Wildman–Crippen MR) is 83.0 cm³/mol. The standard InChI is InChI=1S/C16H17N3O3/c1-12(14-7-9-17-10-8-14)18-19(16(20)21)11-13-3-5-15(22-2)6-4-13/h3-10H,11H2,1-2H3,(H,20,21). The molecule has 0 radical (unpaired) electrons. The van der Waals surface area contributed by atoms with Gasteiger partial charge < -0.3 is 9.84 Å². The summed E-state index contributed by atoms with van der Waals surface area (Å²) in [5.41, 5.74) is 2.27. The molecule has 6 nitrogen and oxygen atoms in total. The maximum atomic E-state index is 11.4. The summed E-state index contributed by atoms with van der Waals surface area (Å²) < 4.78 is 5.08. The van der Waals surface area contributed by atoms with Crippen LogP contribution < -0.4 is 4.74 Å². The highest BCUT2D eigenvalue weighted by Gasteiger charge is 2.12. The molecule has 0 unspecified atom stereocenters. The lowest BCUT2D eigenvalue weighted by molar-refractivity contribution is 0.144. The Labute approximate surface area is 128 Å². The highest BCUT2D eigenvalue weighted by atomic mass is 16.5. The Kier molecular flexibility index (Phi) is 5.08. The van der Waals surface area contributed by atoms with E-state index in [0.717, 1.165) is 21.9 Å². The Morgan fingerprint density at radius 1 is 1.23 bits per heavy atom. The van der Waals surface area contributed by atoms with Crippen molar-refractivity contribution in [1.29, 1.82) is 0 Å². The number of hydrazone groups is 1. The molecule has 0 bridgehead atoms. The van der Waals surface area contributed by atoms with Crippen LogP contribution in [0.4, 0.5) is 4.79 Å². The first-order chi connectivity index (χ1) is 10.6. The van der Waals surface area contributed by atoms with Crippen LogP contribution in [0.1, 0.15) is 18.1 Å². The molecule has 0 aliphatic carbocycles. The second-order valence-corrected chi connectivity index (χ2v) is 4.61. The van der Waals surface area contributed by atoms with Crippen molar-refractivity contribution in [2.24, 2.45) is 5.10 Å². The van der Waals surface area contributed by atoms with Gasteiger partial charge in [0.15, 0.2) is 0 Å². The molecule has 1 heterocycles. The van der Waals surface area contributed by atoms with Gasteiger partial charge >= 0.3 is 6.09 Å². The van der Waals surface area contributed by atoms with Crippen LogP contribution >= 0.6 is 0 Å². The number of hydrogen-bond donors (Lipinski definition) is 1. The van der Waals surface area contributed by atoms with Gasteiger partial charge in [-0.15, -0.1) is 0 Å². The molecule has 2 aromatic rings. The molecule has 0 spiro atoms. The van der Waals surface area contributed by atoms with Crippen molar-refractivity contribution in [1.82, 2.24) is 9.99 Å². The molecule has 22 heavy (non-hydrogen) atoms. The van der Waals surface area contributed by atoms with Crippen LogP contribution in [0, 0.1) is 0 Å². The molecule has 114 valence electrons. The minimum atomic E-state index is -1.11. The molecule has 2 rings (SSSR count). The Morgan fingerprint density at radius 3 is 2.41 bits per heavy atom. The maximum absolute atomic E-state index is 11.4. The number of ether oxygens (including phenoxy) is 1. The zero-order valence-electron chi connectivity index (χ0n) is 12.4. The van der Waals surface area contributed by atoms with E-state index in [-0.39, 0.29) is 6.54 Å². The molecule has 0 atom stereocenters. The molecule has 1 N–H and O–H groups in total. The fraction of sp³-hybridized carbons (Fsp3) is 0.188. The average Bonchev–Trinajstić information content (AvgIpc) is 2.55. The van der Waals surface area contributed by atoms with E-state index >= 15 is 0 Å². The summed E-state index contributed by atoms with van der Waals surface area (Å²) in [5, 5.41) is 14.5. The molecule has 0 fully saturated rings. The molecule has 1 aromatic carbocycles. The summed E-state index contributed by atoms with van der Waals surface area (Å²) >= 11 is 0. The van der Waals surface area contributed by atoms with Crippen molar-refractivity contribution in [3.63, 3.8) is 0 Å². The van der Waals surface area contributed by atoms with Crippen LogP contribution in [-0.2, 0) is 6.54 Å². The van der Waals surface area contributed by atoms with Gasteiger partial charge in [0.1, 0.15) is 5.75 Å². The van der Waals surface area contributed by atoms with Crippen LogP contribution in [0.2, 0.25) is 0 Å². The van der Waals surface area contributed by atoms with E-state index in [1.165, 1.54) is 0 Å². The summed E-state index contributed by atoms with van der Waals surface area (Å²) in [6.45, 7) is 1.93. The van der Waals surface area contributed by atoms with Crippen molar-refractivity contribution in [3.05, 3.63) is 59.9 Å². The van der Waals surface area contributed by atoms with Gasteiger partial charge in [-0.25, -0.2) is 4.79 Å². The first-order valence-electron chi connectivity index (χ1n) is 6.69. The van der Waals surface area contributed by atoms with Gasteiger partial charge in [0.05, 0.1) is 19.4 Å². The van der Waals surface area contributed by atoms with Crippen LogP contribution in [0.25, 0.3) is 0 Å². The lowest BCUT2D eigenvalue weighted by Crippen LogP contribution is -2.24. The molecule has 0 aliphatic rings. The number of rotatable bonds is 5. The highest BCUT2D eigenvalue weighted by Crippen LogP contribution is 2.14. The third-order valence-corrected chi connectivity index (χ3v) is 3.08. The average molecular weight is 299 g/mol. The van der Waals surface area contributed by atoms with Gasteiger partial charge in [-0.2, -0.15) is 10.1 Å². The third kappa shape index (κ3) is 4.05. The molecular weight excluding hydrogens is 282 g/mol. The minimum Gasteiger partial charge on any atom is -0.497 e. The van der Waals surface area contributed by atoms with Gasteiger partial charge in [0.25, 0.3) is 0 Å². The SMILES string of the molecule is COc1ccc(CN(N=C(C)c2ccncc2)C(=O)O)cc1. The molecule has 0 saturated carbocycles. The van der Waals surface area contributed by atoms with E-state index in [0.29, 0.717) is 5.71 Å². The van der Waals surface area contributed by atoms with E-state index < -0.39 is 6.09 Å². The number of aromatic nitrogens is 1. The number of carboxylic acid groups (broad SMARTS) is 1.